The third kappa shape index (κ3) is 4.95. The average Bonchev–Trinajstić information content (AvgIpc) is 3.14. The summed E-state index contributed by atoms with van der Waals surface area (Å²) in [4.78, 5) is 20.5. The molecular weight excluding hydrogens is 451 g/mol. The zero-order chi connectivity index (χ0) is 22.0. The summed E-state index contributed by atoms with van der Waals surface area (Å²) in [6.45, 7) is -0.341. The number of amides is 1. The van der Waals surface area contributed by atoms with Gasteiger partial charge in [-0.3, -0.25) is 10.1 Å². The molecule has 0 aliphatic carbocycles. The molecule has 0 bridgehead atoms. The predicted octanol–water partition coefficient (Wildman–Crippen LogP) is 6.05. The minimum Gasteiger partial charge on any atom is -0.484 e. The van der Waals surface area contributed by atoms with E-state index in [9.17, 15) is 18.0 Å². The fourth-order valence-corrected chi connectivity index (χ4v) is 3.85. The molecule has 158 valence electrons. The van der Waals surface area contributed by atoms with Gasteiger partial charge in [-0.15, -0.1) is 0 Å². The minimum absolute atomic E-state index is 0.00270. The number of hydrogen-bond acceptors (Lipinski definition) is 5. The standard InChI is InChI=1S/C21H13ClF3N3O2S/c22-13-6-8-14(9-7-13)30-11-17(29)27-20-28-19-18(31-20)15(21(23,24)25)10-16(26-19)12-4-2-1-3-5-12/h1-10H,11H2,(H,26,27,28,29). The molecule has 0 aliphatic rings. The Kier molecular flexibility index (Phi) is 5.79. The van der Waals surface area contributed by atoms with E-state index in [1.54, 1.807) is 54.6 Å². The van der Waals surface area contributed by atoms with Crippen molar-refractivity contribution in [3.05, 3.63) is 71.2 Å². The van der Waals surface area contributed by atoms with E-state index in [1.807, 2.05) is 0 Å². The molecule has 5 nitrogen and oxygen atoms in total. The van der Waals surface area contributed by atoms with Crippen molar-refractivity contribution >= 4 is 44.3 Å². The lowest BCUT2D eigenvalue weighted by molar-refractivity contribution is -0.136. The molecule has 2 heterocycles. The van der Waals surface area contributed by atoms with Crippen LogP contribution in [0.1, 0.15) is 5.56 Å². The van der Waals surface area contributed by atoms with Gasteiger partial charge in [-0.1, -0.05) is 53.3 Å². The highest BCUT2D eigenvalue weighted by Crippen LogP contribution is 2.40. The summed E-state index contributed by atoms with van der Waals surface area (Å²) in [5, 5.41) is 2.99. The van der Waals surface area contributed by atoms with E-state index in [0.717, 1.165) is 6.07 Å². The van der Waals surface area contributed by atoms with Crippen LogP contribution in [0.2, 0.25) is 5.02 Å². The quantitative estimate of drug-likeness (QED) is 0.391. The number of aromatic nitrogens is 2. The number of pyridine rings is 1. The van der Waals surface area contributed by atoms with Crippen molar-refractivity contribution in [2.24, 2.45) is 0 Å². The number of nitrogens with zero attached hydrogens (tertiary/aromatic N) is 2. The lowest BCUT2D eigenvalue weighted by Crippen LogP contribution is -2.19. The highest BCUT2D eigenvalue weighted by Gasteiger charge is 2.35. The fourth-order valence-electron chi connectivity index (χ4n) is 2.77. The molecule has 10 heteroatoms. The molecule has 0 aliphatic heterocycles. The number of fused-ring (bicyclic) bond motifs is 1. The zero-order valence-electron chi connectivity index (χ0n) is 15.6. The van der Waals surface area contributed by atoms with Crippen molar-refractivity contribution < 1.29 is 22.7 Å². The first-order valence-corrected chi connectivity index (χ1v) is 10.1. The Hall–Kier alpha value is -3.17. The summed E-state index contributed by atoms with van der Waals surface area (Å²) in [5.41, 5.74) is -0.265. The molecule has 0 fully saturated rings. The number of carbonyl (C=O) groups excluding carboxylic acids is 1. The average molecular weight is 464 g/mol. The van der Waals surface area contributed by atoms with Crippen LogP contribution in [0.15, 0.2) is 60.7 Å². The Bertz CT molecular complexity index is 1230. The van der Waals surface area contributed by atoms with Gasteiger partial charge in [0.1, 0.15) is 5.75 Å². The summed E-state index contributed by atoms with van der Waals surface area (Å²) < 4.78 is 46.2. The molecule has 0 radical (unpaired) electrons. The van der Waals surface area contributed by atoms with Crippen molar-refractivity contribution in [3.63, 3.8) is 0 Å². The fraction of sp³-hybridized carbons (Fsp3) is 0.0952. The smallest absolute Gasteiger partial charge is 0.417 e. The normalized spacial score (nSPS) is 11.5. The monoisotopic (exact) mass is 463 g/mol. The van der Waals surface area contributed by atoms with Crippen molar-refractivity contribution in [2.75, 3.05) is 11.9 Å². The number of hydrogen-bond donors (Lipinski definition) is 1. The Balaban J connectivity index is 1.59. The van der Waals surface area contributed by atoms with Gasteiger partial charge < -0.3 is 4.74 Å². The van der Waals surface area contributed by atoms with E-state index in [0.29, 0.717) is 27.7 Å². The van der Waals surface area contributed by atoms with E-state index in [-0.39, 0.29) is 27.8 Å². The van der Waals surface area contributed by atoms with Crippen LogP contribution in [0.25, 0.3) is 21.6 Å². The number of benzene rings is 2. The summed E-state index contributed by atoms with van der Waals surface area (Å²) in [6.07, 6.45) is -4.60. The van der Waals surface area contributed by atoms with Crippen molar-refractivity contribution in [1.82, 2.24) is 9.97 Å². The third-order valence-corrected chi connectivity index (χ3v) is 5.41. The maximum absolute atomic E-state index is 13.7. The molecule has 2 aromatic carbocycles. The zero-order valence-corrected chi connectivity index (χ0v) is 17.2. The first-order chi connectivity index (χ1) is 14.8. The Morgan fingerprint density at radius 2 is 1.77 bits per heavy atom. The number of alkyl halides is 3. The first kappa shape index (κ1) is 21.1. The van der Waals surface area contributed by atoms with Crippen molar-refractivity contribution in [1.29, 1.82) is 0 Å². The second-order valence-corrected chi connectivity index (χ2v) is 7.82. The maximum Gasteiger partial charge on any atom is 0.417 e. The lowest BCUT2D eigenvalue weighted by Gasteiger charge is -2.09. The summed E-state index contributed by atoms with van der Waals surface area (Å²) in [6, 6.07) is 15.9. The van der Waals surface area contributed by atoms with Gasteiger partial charge in [-0.25, -0.2) is 4.98 Å². The lowest BCUT2D eigenvalue weighted by atomic mass is 10.1. The van der Waals surface area contributed by atoms with E-state index < -0.39 is 17.6 Å². The first-order valence-electron chi connectivity index (χ1n) is 8.92. The summed E-state index contributed by atoms with van der Waals surface area (Å²) in [7, 11) is 0. The van der Waals surface area contributed by atoms with Gasteiger partial charge >= 0.3 is 6.18 Å². The van der Waals surface area contributed by atoms with Crippen molar-refractivity contribution in [2.45, 2.75) is 6.18 Å². The molecule has 0 atom stereocenters. The van der Waals surface area contributed by atoms with Gasteiger partial charge in [0.05, 0.1) is 16.0 Å². The second kappa shape index (κ2) is 8.52. The van der Waals surface area contributed by atoms with E-state index in [4.69, 9.17) is 16.3 Å². The van der Waals surface area contributed by atoms with E-state index in [1.165, 1.54) is 0 Å². The van der Waals surface area contributed by atoms with Crippen LogP contribution >= 0.6 is 22.9 Å². The van der Waals surface area contributed by atoms with Crippen LogP contribution < -0.4 is 10.1 Å². The molecule has 1 N–H and O–H groups in total. The Morgan fingerprint density at radius 3 is 2.45 bits per heavy atom. The van der Waals surface area contributed by atoms with Gasteiger partial charge in [0.2, 0.25) is 0 Å². The maximum atomic E-state index is 13.7. The number of thiazole rings is 1. The topological polar surface area (TPSA) is 64.1 Å². The van der Waals surface area contributed by atoms with Crippen molar-refractivity contribution in [3.8, 4) is 17.0 Å². The number of rotatable bonds is 5. The predicted molar refractivity (Wildman–Crippen MR) is 113 cm³/mol. The van der Waals surface area contributed by atoms with Gasteiger partial charge in [-0.2, -0.15) is 18.2 Å². The number of halogens is 4. The molecule has 1 amide bonds. The van der Waals surface area contributed by atoms with Crippen LogP contribution in [0.3, 0.4) is 0 Å². The van der Waals surface area contributed by atoms with Crippen LogP contribution in [0.4, 0.5) is 18.3 Å². The summed E-state index contributed by atoms with van der Waals surface area (Å²) in [5.74, 6) is -0.136. The Labute approximate surface area is 183 Å². The van der Waals surface area contributed by atoms with Gasteiger partial charge in [-0.05, 0) is 30.3 Å². The number of ether oxygens (including phenoxy) is 1. The molecule has 0 unspecified atom stereocenters. The van der Waals surface area contributed by atoms with Crippen LogP contribution in [0.5, 0.6) is 5.75 Å². The molecule has 0 saturated heterocycles. The Morgan fingerprint density at radius 1 is 1.06 bits per heavy atom. The highest BCUT2D eigenvalue weighted by molar-refractivity contribution is 7.22. The van der Waals surface area contributed by atoms with Crippen LogP contribution in [0, 0.1) is 0 Å². The largest absolute Gasteiger partial charge is 0.484 e. The second-order valence-electron chi connectivity index (χ2n) is 6.38. The molecule has 0 saturated carbocycles. The number of carbonyl (C=O) groups is 1. The van der Waals surface area contributed by atoms with Gasteiger partial charge in [0.15, 0.2) is 17.4 Å². The minimum atomic E-state index is -4.60. The molecule has 0 spiro atoms. The van der Waals surface area contributed by atoms with Crippen LogP contribution in [-0.4, -0.2) is 22.5 Å². The molecule has 4 rings (SSSR count). The van der Waals surface area contributed by atoms with Crippen LogP contribution in [-0.2, 0) is 11.0 Å². The van der Waals surface area contributed by atoms with Gasteiger partial charge in [0.25, 0.3) is 5.91 Å². The molecular formula is C21H13ClF3N3O2S. The van der Waals surface area contributed by atoms with E-state index in [2.05, 4.69) is 15.3 Å². The SMILES string of the molecule is O=C(COc1ccc(Cl)cc1)Nc1nc2nc(-c3ccccc3)cc(C(F)(F)F)c2s1. The number of nitrogens with one attached hydrogen (secondary N) is 1. The highest BCUT2D eigenvalue weighted by atomic mass is 35.5. The summed E-state index contributed by atoms with van der Waals surface area (Å²) >= 11 is 6.50. The number of anilines is 1. The van der Waals surface area contributed by atoms with Gasteiger partial charge in [0, 0.05) is 10.6 Å². The molecule has 31 heavy (non-hydrogen) atoms. The third-order valence-electron chi connectivity index (χ3n) is 4.17. The molecule has 4 aromatic rings. The van der Waals surface area contributed by atoms with E-state index >= 15 is 0 Å². The molecule has 2 aromatic heterocycles.